The maximum Gasteiger partial charge on any atom is 0.191 e. The van der Waals surface area contributed by atoms with Crippen molar-refractivity contribution in [3.8, 4) is 23.8 Å². The molecule has 0 bridgehead atoms. The van der Waals surface area contributed by atoms with Crippen LogP contribution in [0.25, 0.3) is 0 Å². The SMILES string of the molecule is C#CCOc1cc(CN=C(NCC)NCc2ccccc2)ccc1OC. The fourth-order valence-electron chi connectivity index (χ4n) is 2.35. The Labute approximate surface area is 155 Å². The number of nitrogens with one attached hydrogen (secondary N) is 2. The Balaban J connectivity index is 2.04. The van der Waals surface area contributed by atoms with Crippen LogP contribution in [0.3, 0.4) is 0 Å². The maximum atomic E-state index is 5.54. The summed E-state index contributed by atoms with van der Waals surface area (Å²) in [4.78, 5) is 4.63. The highest BCUT2D eigenvalue weighted by Crippen LogP contribution is 2.28. The van der Waals surface area contributed by atoms with E-state index >= 15 is 0 Å². The minimum absolute atomic E-state index is 0.199. The van der Waals surface area contributed by atoms with E-state index in [1.165, 1.54) is 5.56 Å². The Hall–Kier alpha value is -3.13. The summed E-state index contributed by atoms with van der Waals surface area (Å²) in [6.07, 6.45) is 5.26. The van der Waals surface area contributed by atoms with Gasteiger partial charge < -0.3 is 20.1 Å². The molecular formula is C21H25N3O2. The van der Waals surface area contributed by atoms with Crippen molar-refractivity contribution in [3.63, 3.8) is 0 Å². The quantitative estimate of drug-likeness (QED) is 0.436. The maximum absolute atomic E-state index is 5.54. The van der Waals surface area contributed by atoms with Crippen LogP contribution in [0, 0.1) is 12.3 Å². The molecule has 2 aromatic rings. The summed E-state index contributed by atoms with van der Waals surface area (Å²) in [5.41, 5.74) is 2.21. The number of hydrogen-bond donors (Lipinski definition) is 2. The number of guanidine groups is 1. The lowest BCUT2D eigenvalue weighted by Crippen LogP contribution is -2.36. The van der Waals surface area contributed by atoms with Crippen molar-refractivity contribution in [2.75, 3.05) is 20.3 Å². The molecule has 0 aliphatic heterocycles. The number of rotatable bonds is 8. The molecule has 0 saturated carbocycles. The predicted octanol–water partition coefficient (Wildman–Crippen LogP) is 2.96. The molecular weight excluding hydrogens is 326 g/mol. The third-order valence-corrected chi connectivity index (χ3v) is 3.61. The predicted molar refractivity (Wildman–Crippen MR) is 105 cm³/mol. The number of methoxy groups -OCH3 is 1. The van der Waals surface area contributed by atoms with Crippen molar-refractivity contribution < 1.29 is 9.47 Å². The third kappa shape index (κ3) is 6.06. The molecule has 26 heavy (non-hydrogen) atoms. The number of terminal acetylenes is 1. The average molecular weight is 351 g/mol. The zero-order chi connectivity index (χ0) is 18.6. The van der Waals surface area contributed by atoms with Crippen LogP contribution in [0.15, 0.2) is 53.5 Å². The molecule has 0 aliphatic carbocycles. The summed E-state index contributed by atoms with van der Waals surface area (Å²) in [6, 6.07) is 15.9. The number of aliphatic imine (C=N–C) groups is 1. The molecule has 5 nitrogen and oxygen atoms in total. The molecule has 0 fully saturated rings. The highest BCUT2D eigenvalue weighted by molar-refractivity contribution is 5.79. The Morgan fingerprint density at radius 3 is 2.58 bits per heavy atom. The van der Waals surface area contributed by atoms with Crippen LogP contribution in [0.5, 0.6) is 11.5 Å². The van der Waals surface area contributed by atoms with Crippen molar-refractivity contribution in [3.05, 3.63) is 59.7 Å². The summed E-state index contributed by atoms with van der Waals surface area (Å²) < 4.78 is 10.8. The smallest absolute Gasteiger partial charge is 0.191 e. The first kappa shape index (κ1) is 19.2. The lowest BCUT2D eigenvalue weighted by atomic mass is 10.2. The van der Waals surface area contributed by atoms with Crippen LogP contribution >= 0.6 is 0 Å². The van der Waals surface area contributed by atoms with Crippen LogP contribution in [0.1, 0.15) is 18.1 Å². The fourth-order valence-corrected chi connectivity index (χ4v) is 2.35. The highest BCUT2D eigenvalue weighted by Gasteiger charge is 2.06. The molecule has 0 amide bonds. The molecule has 0 radical (unpaired) electrons. The fraction of sp³-hybridized carbons (Fsp3) is 0.286. The van der Waals surface area contributed by atoms with E-state index in [4.69, 9.17) is 15.9 Å². The van der Waals surface area contributed by atoms with Crippen LogP contribution in [0.4, 0.5) is 0 Å². The van der Waals surface area contributed by atoms with Crippen molar-refractivity contribution in [2.24, 2.45) is 4.99 Å². The molecule has 0 aromatic heterocycles. The Morgan fingerprint density at radius 1 is 1.08 bits per heavy atom. The second-order valence-corrected chi connectivity index (χ2v) is 5.51. The van der Waals surface area contributed by atoms with Crippen molar-refractivity contribution in [1.29, 1.82) is 0 Å². The van der Waals surface area contributed by atoms with E-state index < -0.39 is 0 Å². The normalized spacial score (nSPS) is 10.7. The van der Waals surface area contributed by atoms with Gasteiger partial charge in [-0.25, -0.2) is 4.99 Å². The number of benzene rings is 2. The number of nitrogens with zero attached hydrogens (tertiary/aromatic N) is 1. The van der Waals surface area contributed by atoms with E-state index in [0.29, 0.717) is 24.6 Å². The van der Waals surface area contributed by atoms with Crippen molar-refractivity contribution in [1.82, 2.24) is 10.6 Å². The summed E-state index contributed by atoms with van der Waals surface area (Å²) >= 11 is 0. The van der Waals surface area contributed by atoms with Gasteiger partial charge in [-0.05, 0) is 30.2 Å². The zero-order valence-electron chi connectivity index (χ0n) is 15.3. The average Bonchev–Trinajstić information content (AvgIpc) is 2.69. The lowest BCUT2D eigenvalue weighted by Gasteiger charge is -2.12. The Morgan fingerprint density at radius 2 is 1.88 bits per heavy atom. The van der Waals surface area contributed by atoms with Gasteiger partial charge in [-0.2, -0.15) is 0 Å². The van der Waals surface area contributed by atoms with Crippen LogP contribution in [-0.4, -0.2) is 26.2 Å². The van der Waals surface area contributed by atoms with Gasteiger partial charge in [0.25, 0.3) is 0 Å². The van der Waals surface area contributed by atoms with Crippen LogP contribution < -0.4 is 20.1 Å². The molecule has 0 heterocycles. The molecule has 2 aromatic carbocycles. The summed E-state index contributed by atoms with van der Waals surface area (Å²) in [5.74, 6) is 4.50. The van der Waals surface area contributed by atoms with E-state index in [2.05, 4.69) is 33.7 Å². The van der Waals surface area contributed by atoms with Gasteiger partial charge in [-0.3, -0.25) is 0 Å². The highest BCUT2D eigenvalue weighted by atomic mass is 16.5. The molecule has 5 heteroatoms. The van der Waals surface area contributed by atoms with Gasteiger partial charge in [0.2, 0.25) is 0 Å². The molecule has 0 saturated heterocycles. The molecule has 2 rings (SSSR count). The van der Waals surface area contributed by atoms with Crippen LogP contribution in [0.2, 0.25) is 0 Å². The summed E-state index contributed by atoms with van der Waals surface area (Å²) in [7, 11) is 1.60. The van der Waals surface area contributed by atoms with Crippen LogP contribution in [-0.2, 0) is 13.1 Å². The Bertz CT molecular complexity index is 752. The second kappa shape index (κ2) is 10.7. The first-order chi connectivity index (χ1) is 12.8. The van der Waals surface area contributed by atoms with E-state index in [0.717, 1.165) is 18.1 Å². The van der Waals surface area contributed by atoms with E-state index in [-0.39, 0.29) is 6.61 Å². The number of hydrogen-bond acceptors (Lipinski definition) is 3. The lowest BCUT2D eigenvalue weighted by molar-refractivity contribution is 0.330. The zero-order valence-corrected chi connectivity index (χ0v) is 15.3. The Kier molecular flexibility index (Phi) is 7.88. The first-order valence-electron chi connectivity index (χ1n) is 8.56. The molecule has 136 valence electrons. The molecule has 0 atom stereocenters. The molecule has 2 N–H and O–H groups in total. The van der Waals surface area contributed by atoms with Gasteiger partial charge in [-0.15, -0.1) is 6.42 Å². The second-order valence-electron chi connectivity index (χ2n) is 5.51. The van der Waals surface area contributed by atoms with Crippen molar-refractivity contribution in [2.45, 2.75) is 20.0 Å². The monoisotopic (exact) mass is 351 g/mol. The van der Waals surface area contributed by atoms with Gasteiger partial charge >= 0.3 is 0 Å². The first-order valence-corrected chi connectivity index (χ1v) is 8.56. The topological polar surface area (TPSA) is 54.9 Å². The van der Waals surface area contributed by atoms with Gasteiger partial charge in [0.05, 0.1) is 13.7 Å². The third-order valence-electron chi connectivity index (χ3n) is 3.61. The molecule has 0 unspecified atom stereocenters. The largest absolute Gasteiger partial charge is 0.493 e. The summed E-state index contributed by atoms with van der Waals surface area (Å²) in [5, 5.41) is 6.59. The molecule has 0 aliphatic rings. The molecule has 0 spiro atoms. The summed E-state index contributed by atoms with van der Waals surface area (Å²) in [6.45, 7) is 4.26. The minimum Gasteiger partial charge on any atom is -0.493 e. The van der Waals surface area contributed by atoms with E-state index in [9.17, 15) is 0 Å². The number of ether oxygens (including phenoxy) is 2. The van der Waals surface area contributed by atoms with Gasteiger partial charge in [-0.1, -0.05) is 42.3 Å². The van der Waals surface area contributed by atoms with Gasteiger partial charge in [0.1, 0.15) is 6.61 Å². The van der Waals surface area contributed by atoms with Gasteiger partial charge in [0, 0.05) is 13.1 Å². The van der Waals surface area contributed by atoms with Crippen molar-refractivity contribution >= 4 is 5.96 Å². The van der Waals surface area contributed by atoms with E-state index in [1.54, 1.807) is 7.11 Å². The minimum atomic E-state index is 0.199. The standard InChI is InChI=1S/C21H25N3O2/c1-4-13-26-20-14-18(11-12-19(20)25-3)16-24-21(22-5-2)23-15-17-9-7-6-8-10-17/h1,6-12,14H,5,13,15-16H2,2-3H3,(H2,22,23,24). The van der Waals surface area contributed by atoms with Gasteiger partial charge in [0.15, 0.2) is 17.5 Å². The van der Waals surface area contributed by atoms with E-state index in [1.807, 2.05) is 43.3 Å².